The molecule has 2 aromatic heterocycles. The highest BCUT2D eigenvalue weighted by Crippen LogP contribution is 2.32. The first kappa shape index (κ1) is 33.5. The van der Waals surface area contributed by atoms with E-state index in [0.29, 0.717) is 71.2 Å². The maximum atomic E-state index is 12.4. The van der Waals surface area contributed by atoms with E-state index in [1.54, 1.807) is 42.9 Å². The number of benzene rings is 2. The number of nitrogen functional groups attached to an aromatic ring is 1. The van der Waals surface area contributed by atoms with Crippen molar-refractivity contribution >= 4 is 45.8 Å². The number of aromatic nitrogens is 4. The van der Waals surface area contributed by atoms with E-state index < -0.39 is 5.91 Å². The number of aliphatic hydroxyl groups is 1. The summed E-state index contributed by atoms with van der Waals surface area (Å²) in [7, 11) is 3.33. The largest absolute Gasteiger partial charge is 0.491 e. The highest BCUT2D eigenvalue weighted by Gasteiger charge is 2.19. The van der Waals surface area contributed by atoms with Gasteiger partial charge < -0.3 is 50.6 Å². The zero-order valence-corrected chi connectivity index (χ0v) is 26.8. The molecule has 0 spiro atoms. The van der Waals surface area contributed by atoms with Crippen LogP contribution in [0.25, 0.3) is 22.1 Å². The van der Waals surface area contributed by atoms with Gasteiger partial charge in [-0.05, 0) is 30.7 Å². The summed E-state index contributed by atoms with van der Waals surface area (Å²) in [6.45, 7) is 5.68. The predicted molar refractivity (Wildman–Crippen MR) is 179 cm³/mol. The first-order chi connectivity index (χ1) is 22.8. The topological polar surface area (TPSA) is 197 Å². The monoisotopic (exact) mass is 649 g/mol. The summed E-state index contributed by atoms with van der Waals surface area (Å²) in [5.41, 5.74) is 15.2. The number of primary amides is 1. The Morgan fingerprint density at radius 2 is 1.55 bits per heavy atom. The lowest BCUT2D eigenvalue weighted by Crippen LogP contribution is -2.37. The van der Waals surface area contributed by atoms with Gasteiger partial charge in [0.15, 0.2) is 0 Å². The number of amides is 2. The standard InChI is InChI=1S/C32H43N9O6/c1-35-30(44)22-18-23-27(26(20-22)47-14-6-12-42)40(31(34)37-23)8-3-4-9-41-28-24(38-32(41)36-2)17-21(29(33)43)19-25(28)46-13-5-7-39-10-15-45-16-11-39/h3-4,17-20,42H,5-16H2,1-2H3,(H2,33,43)(H2,34,37)(H,35,44)(H,36,38)/b4-3+. The van der Waals surface area contributed by atoms with Gasteiger partial charge in [-0.3, -0.25) is 14.5 Å². The van der Waals surface area contributed by atoms with Crippen LogP contribution in [0, 0.1) is 0 Å². The molecule has 15 nitrogen and oxygen atoms in total. The molecule has 47 heavy (non-hydrogen) atoms. The second-order valence-electron chi connectivity index (χ2n) is 11.1. The van der Waals surface area contributed by atoms with Crippen LogP contribution in [0.3, 0.4) is 0 Å². The average Bonchev–Trinajstić information content (AvgIpc) is 3.61. The summed E-state index contributed by atoms with van der Waals surface area (Å²) in [5.74, 6) is 1.01. The number of ether oxygens (including phenoxy) is 3. The first-order valence-corrected chi connectivity index (χ1v) is 15.7. The number of nitrogens with zero attached hydrogens (tertiary/aromatic N) is 5. The van der Waals surface area contributed by atoms with Crippen molar-refractivity contribution in [3.05, 3.63) is 47.5 Å². The molecule has 7 N–H and O–H groups in total. The minimum Gasteiger partial charge on any atom is -0.491 e. The third kappa shape index (κ3) is 7.76. The number of carbonyl (C=O) groups excluding carboxylic acids is 2. The van der Waals surface area contributed by atoms with Crippen LogP contribution in [0.5, 0.6) is 11.5 Å². The van der Waals surface area contributed by atoms with Gasteiger partial charge in [-0.15, -0.1) is 0 Å². The van der Waals surface area contributed by atoms with Crippen LogP contribution in [0.4, 0.5) is 11.9 Å². The van der Waals surface area contributed by atoms with E-state index in [1.807, 2.05) is 16.7 Å². The molecular weight excluding hydrogens is 606 g/mol. The molecule has 2 aromatic carbocycles. The van der Waals surface area contributed by atoms with Crippen molar-refractivity contribution in [2.45, 2.75) is 25.9 Å². The van der Waals surface area contributed by atoms with Gasteiger partial charge in [0.1, 0.15) is 22.5 Å². The van der Waals surface area contributed by atoms with E-state index in [2.05, 4.69) is 20.5 Å². The Hall–Kier alpha value is -4.86. The second kappa shape index (κ2) is 15.6. The van der Waals surface area contributed by atoms with Crippen molar-refractivity contribution in [2.24, 2.45) is 5.73 Å². The molecule has 1 fully saturated rings. The number of aliphatic hydroxyl groups excluding tert-OH is 1. The molecule has 252 valence electrons. The smallest absolute Gasteiger partial charge is 0.251 e. The van der Waals surface area contributed by atoms with Crippen molar-refractivity contribution < 1.29 is 28.9 Å². The molecule has 0 atom stereocenters. The second-order valence-corrected chi connectivity index (χ2v) is 11.1. The summed E-state index contributed by atoms with van der Waals surface area (Å²) in [6.07, 6.45) is 5.17. The Balaban J connectivity index is 1.39. The Morgan fingerprint density at radius 1 is 0.936 bits per heavy atom. The van der Waals surface area contributed by atoms with E-state index in [4.69, 9.17) is 30.7 Å². The van der Waals surface area contributed by atoms with Crippen molar-refractivity contribution in [1.82, 2.24) is 29.3 Å². The quantitative estimate of drug-likeness (QED) is 0.0873. The maximum Gasteiger partial charge on any atom is 0.251 e. The van der Waals surface area contributed by atoms with Gasteiger partial charge in [-0.2, -0.15) is 0 Å². The van der Waals surface area contributed by atoms with Gasteiger partial charge in [-0.25, -0.2) is 9.97 Å². The molecule has 0 unspecified atom stereocenters. The maximum absolute atomic E-state index is 12.4. The number of hydrogen-bond acceptors (Lipinski definition) is 11. The molecule has 1 saturated heterocycles. The van der Waals surface area contributed by atoms with Gasteiger partial charge in [-0.1, -0.05) is 12.2 Å². The SMILES string of the molecule is CNC(=O)c1cc(OCCCO)c2c(c1)nc(N)n2C/C=C/Cn1c(NC)nc2cc(C(N)=O)cc(OCCCN3CCOCC3)c21. The Kier molecular flexibility index (Phi) is 11.1. The lowest BCUT2D eigenvalue weighted by molar-refractivity contribution is 0.0358. The summed E-state index contributed by atoms with van der Waals surface area (Å²) >= 11 is 0. The lowest BCUT2D eigenvalue weighted by atomic mass is 10.1. The van der Waals surface area contributed by atoms with Crippen molar-refractivity contribution in [3.63, 3.8) is 0 Å². The summed E-state index contributed by atoms with van der Waals surface area (Å²) in [6, 6.07) is 6.66. The highest BCUT2D eigenvalue weighted by atomic mass is 16.5. The molecule has 0 radical (unpaired) electrons. The van der Waals surface area contributed by atoms with Gasteiger partial charge in [0, 0.05) is 71.0 Å². The van der Waals surface area contributed by atoms with Crippen LogP contribution in [0.2, 0.25) is 0 Å². The number of rotatable bonds is 16. The van der Waals surface area contributed by atoms with Gasteiger partial charge >= 0.3 is 0 Å². The van der Waals surface area contributed by atoms with Crippen LogP contribution < -0.4 is 31.6 Å². The molecule has 1 aliphatic rings. The number of anilines is 2. The lowest BCUT2D eigenvalue weighted by Gasteiger charge is -2.26. The molecule has 2 amide bonds. The number of nitrogens with two attached hydrogens (primary N) is 2. The Bertz CT molecular complexity index is 1740. The van der Waals surface area contributed by atoms with E-state index in [0.717, 1.165) is 44.8 Å². The van der Waals surface area contributed by atoms with Crippen LogP contribution in [0.1, 0.15) is 33.6 Å². The Morgan fingerprint density at radius 3 is 2.21 bits per heavy atom. The molecule has 0 bridgehead atoms. The molecule has 0 aliphatic carbocycles. The Labute approximate surface area is 272 Å². The van der Waals surface area contributed by atoms with Crippen LogP contribution in [0.15, 0.2) is 36.4 Å². The van der Waals surface area contributed by atoms with Crippen LogP contribution >= 0.6 is 0 Å². The molecule has 5 rings (SSSR count). The zero-order chi connectivity index (χ0) is 33.3. The van der Waals surface area contributed by atoms with Crippen molar-refractivity contribution in [2.75, 3.05) is 77.8 Å². The van der Waals surface area contributed by atoms with Gasteiger partial charge in [0.05, 0.1) is 37.5 Å². The van der Waals surface area contributed by atoms with Gasteiger partial charge in [0.25, 0.3) is 5.91 Å². The fraction of sp³-hybridized carbons (Fsp3) is 0.438. The normalized spacial score (nSPS) is 13.9. The number of morpholine rings is 1. The number of nitrogens with one attached hydrogen (secondary N) is 2. The third-order valence-corrected chi connectivity index (χ3v) is 7.92. The predicted octanol–water partition coefficient (Wildman–Crippen LogP) is 1.59. The van der Waals surface area contributed by atoms with Crippen LogP contribution in [-0.2, 0) is 17.8 Å². The molecule has 0 saturated carbocycles. The summed E-state index contributed by atoms with van der Waals surface area (Å²) < 4.78 is 21.4. The minimum atomic E-state index is -0.558. The van der Waals surface area contributed by atoms with E-state index >= 15 is 0 Å². The highest BCUT2D eigenvalue weighted by molar-refractivity contribution is 6.00. The van der Waals surface area contributed by atoms with Crippen LogP contribution in [-0.4, -0.2) is 108 Å². The van der Waals surface area contributed by atoms with E-state index in [-0.39, 0.29) is 25.1 Å². The fourth-order valence-corrected chi connectivity index (χ4v) is 5.57. The first-order valence-electron chi connectivity index (χ1n) is 15.7. The average molecular weight is 650 g/mol. The number of hydrogen-bond donors (Lipinski definition) is 5. The molecule has 15 heteroatoms. The third-order valence-electron chi connectivity index (χ3n) is 7.92. The molecule has 4 aromatic rings. The van der Waals surface area contributed by atoms with Crippen molar-refractivity contribution in [3.8, 4) is 11.5 Å². The number of allylic oxidation sites excluding steroid dienone is 2. The molecule has 1 aliphatic heterocycles. The molecular formula is C32H43N9O6. The zero-order valence-electron chi connectivity index (χ0n) is 26.8. The number of carbonyl (C=O) groups is 2. The minimum absolute atomic E-state index is 0.0228. The number of fused-ring (bicyclic) bond motifs is 2. The van der Waals surface area contributed by atoms with Crippen molar-refractivity contribution in [1.29, 1.82) is 0 Å². The fourth-order valence-electron chi connectivity index (χ4n) is 5.57. The summed E-state index contributed by atoms with van der Waals surface area (Å²) in [4.78, 5) is 36.0. The summed E-state index contributed by atoms with van der Waals surface area (Å²) in [5, 5.41) is 15.0. The van der Waals surface area contributed by atoms with Gasteiger partial charge in [0.2, 0.25) is 17.8 Å². The van der Waals surface area contributed by atoms with E-state index in [9.17, 15) is 14.7 Å². The van der Waals surface area contributed by atoms with E-state index in [1.165, 1.54) is 0 Å². The number of imidazole rings is 2. The molecule has 3 heterocycles.